The Labute approximate surface area is 218 Å². The van der Waals surface area contributed by atoms with Crippen LogP contribution in [0.15, 0.2) is 10.2 Å². The van der Waals surface area contributed by atoms with Gasteiger partial charge in [0.1, 0.15) is 9.86 Å². The topological polar surface area (TPSA) is 86.2 Å². The average Bonchev–Trinajstić information content (AvgIpc) is 3.47. The number of thiophene rings is 1. The predicted octanol–water partition coefficient (Wildman–Crippen LogP) is 5.32. The third kappa shape index (κ3) is 5.18. The second-order valence-corrected chi connectivity index (χ2v) is 12.8. The number of nitrogens with one attached hydrogen (secondary N) is 1. The minimum atomic E-state index is -0.238. The van der Waals surface area contributed by atoms with Crippen molar-refractivity contribution in [2.75, 3.05) is 25.2 Å². The fraction of sp³-hybridized carbons (Fsp3) is 0.600. The van der Waals surface area contributed by atoms with Crippen LogP contribution in [0.3, 0.4) is 0 Å². The molecule has 35 heavy (non-hydrogen) atoms. The molecule has 0 bridgehead atoms. The molecule has 0 aromatic carbocycles. The van der Waals surface area contributed by atoms with Crippen molar-refractivity contribution in [2.24, 2.45) is 0 Å². The van der Waals surface area contributed by atoms with E-state index in [1.807, 2.05) is 6.26 Å². The highest BCUT2D eigenvalue weighted by atomic mass is 32.2. The van der Waals surface area contributed by atoms with Gasteiger partial charge in [0.2, 0.25) is 5.91 Å². The molecule has 5 heterocycles. The average molecular weight is 533 g/mol. The molecule has 1 atom stereocenters. The summed E-state index contributed by atoms with van der Waals surface area (Å²) in [6.07, 6.45) is 5.02. The molecule has 10 heteroatoms. The fourth-order valence-corrected chi connectivity index (χ4v) is 7.25. The normalized spacial score (nSPS) is 19.5. The van der Waals surface area contributed by atoms with Gasteiger partial charge in [-0.3, -0.25) is 4.79 Å². The van der Waals surface area contributed by atoms with Gasteiger partial charge in [0.05, 0.1) is 40.0 Å². The van der Waals surface area contributed by atoms with Gasteiger partial charge in [-0.15, -0.1) is 11.3 Å². The van der Waals surface area contributed by atoms with Crippen LogP contribution in [-0.2, 0) is 27.3 Å². The first-order chi connectivity index (χ1) is 16.8. The van der Waals surface area contributed by atoms with Gasteiger partial charge in [-0.2, -0.15) is 0 Å². The number of carbonyl (C=O) groups excluding carboxylic acids is 1. The molecule has 1 saturated heterocycles. The molecule has 1 fully saturated rings. The Bertz CT molecular complexity index is 1270. The second-order valence-electron chi connectivity index (χ2n) is 10.0. The molecule has 3 aromatic rings. The number of rotatable bonds is 7. The van der Waals surface area contributed by atoms with Crippen LogP contribution in [0, 0.1) is 0 Å². The lowest BCUT2D eigenvalue weighted by molar-refractivity contribution is -0.119. The van der Waals surface area contributed by atoms with Crippen molar-refractivity contribution < 1.29 is 14.3 Å². The van der Waals surface area contributed by atoms with E-state index in [0.717, 1.165) is 57.0 Å². The summed E-state index contributed by atoms with van der Waals surface area (Å²) in [6, 6.07) is 0. The smallest absolute Gasteiger partial charge is 0.230 e. The zero-order valence-corrected chi connectivity index (χ0v) is 23.3. The van der Waals surface area contributed by atoms with Gasteiger partial charge in [0.15, 0.2) is 5.16 Å². The SMILES string of the molecule is CSc1nc(SCC(=O)NC[C@@H]2CCCO2)c2sc3nc(C(C)C)c4c(c3c2n1)CC(C)(C)OC4. The number of ether oxygens (including phenoxy) is 2. The lowest BCUT2D eigenvalue weighted by Crippen LogP contribution is -2.33. The van der Waals surface area contributed by atoms with Crippen LogP contribution in [0.2, 0.25) is 0 Å². The van der Waals surface area contributed by atoms with Gasteiger partial charge < -0.3 is 14.8 Å². The maximum Gasteiger partial charge on any atom is 0.230 e. The third-order valence-electron chi connectivity index (χ3n) is 6.49. The number of hydrogen-bond acceptors (Lipinski definition) is 9. The van der Waals surface area contributed by atoms with E-state index < -0.39 is 0 Å². The highest BCUT2D eigenvalue weighted by Gasteiger charge is 2.32. The molecule has 2 aliphatic heterocycles. The molecule has 3 aromatic heterocycles. The molecular weight excluding hydrogens is 501 g/mol. The number of thioether (sulfide) groups is 2. The van der Waals surface area contributed by atoms with Crippen LogP contribution in [0.4, 0.5) is 0 Å². The van der Waals surface area contributed by atoms with E-state index in [4.69, 9.17) is 24.4 Å². The molecular formula is C25H32N4O3S3. The number of carbonyl (C=O) groups is 1. The number of nitrogens with zero attached hydrogens (tertiary/aromatic N) is 3. The van der Waals surface area contributed by atoms with E-state index in [1.54, 1.807) is 11.3 Å². The van der Waals surface area contributed by atoms with Crippen LogP contribution in [0.5, 0.6) is 0 Å². The summed E-state index contributed by atoms with van der Waals surface area (Å²) in [6.45, 7) is 10.6. The zero-order chi connectivity index (χ0) is 24.7. The summed E-state index contributed by atoms with van der Waals surface area (Å²) < 4.78 is 12.8. The molecule has 0 spiro atoms. The van der Waals surface area contributed by atoms with Crippen LogP contribution < -0.4 is 5.32 Å². The fourth-order valence-electron chi connectivity index (χ4n) is 4.74. The maximum absolute atomic E-state index is 12.6. The van der Waals surface area contributed by atoms with Gasteiger partial charge in [-0.25, -0.2) is 15.0 Å². The van der Waals surface area contributed by atoms with Gasteiger partial charge in [-0.1, -0.05) is 37.4 Å². The molecule has 0 unspecified atom stereocenters. The summed E-state index contributed by atoms with van der Waals surface area (Å²) in [5.74, 6) is 0.614. The van der Waals surface area contributed by atoms with E-state index in [2.05, 4.69) is 33.0 Å². The van der Waals surface area contributed by atoms with Gasteiger partial charge in [0.25, 0.3) is 0 Å². The molecule has 0 aliphatic carbocycles. The highest BCUT2D eigenvalue weighted by Crippen LogP contribution is 2.44. The van der Waals surface area contributed by atoms with E-state index in [9.17, 15) is 4.79 Å². The van der Waals surface area contributed by atoms with Crippen LogP contribution in [0.1, 0.15) is 63.3 Å². The van der Waals surface area contributed by atoms with Crippen molar-refractivity contribution in [2.45, 2.75) is 81.4 Å². The first kappa shape index (κ1) is 25.2. The summed E-state index contributed by atoms with van der Waals surface area (Å²) in [4.78, 5) is 28.4. The lowest BCUT2D eigenvalue weighted by atomic mass is 9.87. The second kappa shape index (κ2) is 10.1. The Kier molecular flexibility index (Phi) is 7.29. The summed E-state index contributed by atoms with van der Waals surface area (Å²) in [5.41, 5.74) is 4.33. The lowest BCUT2D eigenvalue weighted by Gasteiger charge is -2.33. The van der Waals surface area contributed by atoms with E-state index in [1.165, 1.54) is 34.7 Å². The molecule has 0 radical (unpaired) electrons. The molecule has 1 amide bonds. The number of hydrogen-bond donors (Lipinski definition) is 1. The van der Waals surface area contributed by atoms with E-state index in [-0.39, 0.29) is 17.6 Å². The Morgan fingerprint density at radius 1 is 1.26 bits per heavy atom. The Morgan fingerprint density at radius 2 is 2.09 bits per heavy atom. The highest BCUT2D eigenvalue weighted by molar-refractivity contribution is 8.00. The van der Waals surface area contributed by atoms with Crippen LogP contribution >= 0.6 is 34.9 Å². The summed E-state index contributed by atoms with van der Waals surface area (Å²) in [7, 11) is 0. The molecule has 188 valence electrons. The van der Waals surface area contributed by atoms with Gasteiger partial charge in [0, 0.05) is 30.5 Å². The standard InChI is InChI=1S/C25H32N4O3S3/c1-13(2)19-16-11-32-25(3,4)9-15(16)18-20-21(35-22(18)27-19)23(29-24(28-20)33-5)34-12-17(30)26-10-14-7-6-8-31-14/h13-14H,6-12H2,1-5H3,(H,26,30)/t14-/m0/s1. The van der Waals surface area contributed by atoms with Crippen molar-refractivity contribution in [3.63, 3.8) is 0 Å². The van der Waals surface area contributed by atoms with Crippen molar-refractivity contribution in [3.05, 3.63) is 16.8 Å². The largest absolute Gasteiger partial charge is 0.376 e. The number of pyridine rings is 1. The van der Waals surface area contributed by atoms with Gasteiger partial charge >= 0.3 is 0 Å². The number of aromatic nitrogens is 3. The Morgan fingerprint density at radius 3 is 2.80 bits per heavy atom. The minimum Gasteiger partial charge on any atom is -0.376 e. The predicted molar refractivity (Wildman–Crippen MR) is 144 cm³/mol. The molecule has 5 rings (SSSR count). The summed E-state index contributed by atoms with van der Waals surface area (Å²) in [5, 5.41) is 5.70. The Balaban J connectivity index is 1.53. The third-order valence-corrected chi connectivity index (χ3v) is 9.22. The Hall–Kier alpha value is -1.46. The van der Waals surface area contributed by atoms with E-state index >= 15 is 0 Å². The van der Waals surface area contributed by atoms with Crippen molar-refractivity contribution >= 4 is 61.2 Å². The molecule has 1 N–H and O–H groups in total. The monoisotopic (exact) mass is 532 g/mol. The van der Waals surface area contributed by atoms with Crippen LogP contribution in [-0.4, -0.2) is 57.7 Å². The van der Waals surface area contributed by atoms with Crippen molar-refractivity contribution in [1.29, 1.82) is 0 Å². The minimum absolute atomic E-state index is 0.000529. The molecule has 0 saturated carbocycles. The van der Waals surface area contributed by atoms with Crippen molar-refractivity contribution in [3.8, 4) is 0 Å². The zero-order valence-electron chi connectivity index (χ0n) is 20.9. The van der Waals surface area contributed by atoms with Crippen molar-refractivity contribution in [1.82, 2.24) is 20.3 Å². The van der Waals surface area contributed by atoms with Gasteiger partial charge in [-0.05, 0) is 44.4 Å². The maximum atomic E-state index is 12.6. The number of fused-ring (bicyclic) bond motifs is 5. The first-order valence-corrected chi connectivity index (χ1v) is 15.1. The molecule has 2 aliphatic rings. The quantitative estimate of drug-likeness (QED) is 0.248. The summed E-state index contributed by atoms with van der Waals surface area (Å²) >= 11 is 4.64. The van der Waals surface area contributed by atoms with Crippen LogP contribution in [0.25, 0.3) is 20.4 Å². The first-order valence-electron chi connectivity index (χ1n) is 12.1. The number of amides is 1. The molecule has 7 nitrogen and oxygen atoms in total. The van der Waals surface area contributed by atoms with E-state index in [0.29, 0.717) is 30.0 Å².